The van der Waals surface area contributed by atoms with E-state index in [0.29, 0.717) is 18.6 Å². The molecule has 24 heavy (non-hydrogen) atoms. The summed E-state index contributed by atoms with van der Waals surface area (Å²) < 4.78 is 18.0. The highest BCUT2D eigenvalue weighted by molar-refractivity contribution is 5.85. The van der Waals surface area contributed by atoms with Crippen LogP contribution in [0.2, 0.25) is 0 Å². The Morgan fingerprint density at radius 2 is 2.04 bits per heavy atom. The summed E-state index contributed by atoms with van der Waals surface area (Å²) in [6, 6.07) is 8.14. The first kappa shape index (κ1) is 15.9. The molecule has 5 heteroatoms. The van der Waals surface area contributed by atoms with Gasteiger partial charge >= 0.3 is 5.63 Å². The lowest BCUT2D eigenvalue weighted by Gasteiger charge is -2.25. The summed E-state index contributed by atoms with van der Waals surface area (Å²) in [5, 5.41) is 0.761. The number of nitrogens with zero attached hydrogens (tertiary/aromatic N) is 2. The Morgan fingerprint density at radius 3 is 2.75 bits per heavy atom. The maximum Gasteiger partial charge on any atom is 0.362 e. The van der Waals surface area contributed by atoms with E-state index in [-0.39, 0.29) is 5.82 Å². The van der Waals surface area contributed by atoms with Crippen LogP contribution in [0.1, 0.15) is 11.1 Å². The van der Waals surface area contributed by atoms with Crippen molar-refractivity contribution in [3.05, 3.63) is 82.8 Å². The van der Waals surface area contributed by atoms with Gasteiger partial charge in [0.15, 0.2) is 5.52 Å². The Hall–Kier alpha value is -2.95. The Kier molecular flexibility index (Phi) is 4.42. The number of aryl methyl sites for hydroxylation is 1. The van der Waals surface area contributed by atoms with Crippen LogP contribution in [-0.4, -0.2) is 11.5 Å². The molecule has 0 spiro atoms. The zero-order chi connectivity index (χ0) is 17.1. The van der Waals surface area contributed by atoms with Crippen LogP contribution in [0.25, 0.3) is 10.9 Å². The molecular formula is C19H17FN2O2. The molecule has 0 aliphatic carbocycles. The summed E-state index contributed by atoms with van der Waals surface area (Å²) in [6.07, 6.45) is 4.84. The lowest BCUT2D eigenvalue weighted by atomic mass is 10.1. The summed E-state index contributed by atoms with van der Waals surface area (Å²) >= 11 is 0. The molecule has 3 aromatic rings. The Morgan fingerprint density at radius 1 is 1.29 bits per heavy atom. The molecule has 0 amide bonds. The summed E-state index contributed by atoms with van der Waals surface area (Å²) in [6.45, 7) is 6.93. The molecule has 0 atom stereocenters. The Balaban J connectivity index is 2.03. The van der Waals surface area contributed by atoms with E-state index in [0.717, 1.165) is 22.2 Å². The smallest absolute Gasteiger partial charge is 0.362 e. The van der Waals surface area contributed by atoms with Gasteiger partial charge in [-0.2, -0.15) is 0 Å². The van der Waals surface area contributed by atoms with Crippen LogP contribution in [0.4, 0.5) is 10.1 Å². The lowest BCUT2D eigenvalue weighted by molar-refractivity contribution is 0.518. The number of aromatic nitrogens is 1. The van der Waals surface area contributed by atoms with Gasteiger partial charge in [0.25, 0.3) is 0 Å². The zero-order valence-corrected chi connectivity index (χ0v) is 13.3. The molecule has 0 saturated carbocycles. The summed E-state index contributed by atoms with van der Waals surface area (Å²) in [5.74, 6) is -0.260. The first-order chi connectivity index (χ1) is 11.6. The molecule has 1 aromatic carbocycles. The van der Waals surface area contributed by atoms with Crippen LogP contribution in [0.3, 0.4) is 0 Å². The fourth-order valence-corrected chi connectivity index (χ4v) is 2.73. The van der Waals surface area contributed by atoms with Crippen molar-refractivity contribution in [1.82, 2.24) is 4.98 Å². The number of pyridine rings is 1. The summed E-state index contributed by atoms with van der Waals surface area (Å²) in [7, 11) is 0. The van der Waals surface area contributed by atoms with Crippen molar-refractivity contribution in [1.29, 1.82) is 0 Å². The van der Waals surface area contributed by atoms with E-state index in [1.165, 1.54) is 18.4 Å². The van der Waals surface area contributed by atoms with E-state index >= 15 is 0 Å². The van der Waals surface area contributed by atoms with Crippen molar-refractivity contribution in [2.45, 2.75) is 13.5 Å². The zero-order valence-electron chi connectivity index (χ0n) is 13.3. The van der Waals surface area contributed by atoms with Crippen molar-refractivity contribution in [2.75, 3.05) is 11.4 Å². The highest BCUT2D eigenvalue weighted by Gasteiger charge is 2.14. The number of benzene rings is 1. The molecule has 4 nitrogen and oxygen atoms in total. The van der Waals surface area contributed by atoms with Gasteiger partial charge in [-0.05, 0) is 36.2 Å². The molecule has 0 aliphatic heterocycles. The summed E-state index contributed by atoms with van der Waals surface area (Å²) in [4.78, 5) is 18.1. The predicted octanol–water partition coefficient (Wildman–Crippen LogP) is 3.83. The Labute approximate surface area is 138 Å². The van der Waals surface area contributed by atoms with Gasteiger partial charge in [0.05, 0.1) is 18.1 Å². The van der Waals surface area contributed by atoms with Crippen LogP contribution in [0, 0.1) is 12.7 Å². The highest BCUT2D eigenvalue weighted by Crippen LogP contribution is 2.26. The quantitative estimate of drug-likeness (QED) is 0.669. The lowest BCUT2D eigenvalue weighted by Crippen LogP contribution is -2.24. The molecule has 0 fully saturated rings. The highest BCUT2D eigenvalue weighted by atomic mass is 19.1. The summed E-state index contributed by atoms with van der Waals surface area (Å²) in [5.41, 5.74) is 2.69. The van der Waals surface area contributed by atoms with Gasteiger partial charge in [-0.3, -0.25) is 0 Å². The molecule has 2 aromatic heterocycles. The second-order valence-electron chi connectivity index (χ2n) is 5.53. The van der Waals surface area contributed by atoms with E-state index in [1.54, 1.807) is 30.5 Å². The third-order valence-electron chi connectivity index (χ3n) is 3.94. The van der Waals surface area contributed by atoms with Gasteiger partial charge in [0, 0.05) is 18.5 Å². The topological polar surface area (TPSA) is 46.3 Å². The minimum Gasteiger partial charge on any atom is -0.430 e. The Bertz CT molecular complexity index is 932. The van der Waals surface area contributed by atoms with Crippen LogP contribution < -0.4 is 10.5 Å². The second kappa shape index (κ2) is 6.66. The standard InChI is InChI=1S/C19H17FN2O2/c1-3-9-22(12-14-4-6-15(20)7-5-14)17-11-21-18-16(13(17)2)8-10-24-19(18)23/h3-8,10-11H,1,9,12H2,2H3. The normalized spacial score (nSPS) is 10.8. The first-order valence-electron chi connectivity index (χ1n) is 7.57. The monoisotopic (exact) mass is 324 g/mol. The third-order valence-corrected chi connectivity index (χ3v) is 3.94. The van der Waals surface area contributed by atoms with Gasteiger partial charge < -0.3 is 9.32 Å². The molecule has 0 saturated heterocycles. The molecule has 0 aliphatic rings. The van der Waals surface area contributed by atoms with E-state index < -0.39 is 5.63 Å². The van der Waals surface area contributed by atoms with Crippen LogP contribution in [-0.2, 0) is 6.54 Å². The van der Waals surface area contributed by atoms with Crippen molar-refractivity contribution in [2.24, 2.45) is 0 Å². The van der Waals surface area contributed by atoms with Gasteiger partial charge in [0.1, 0.15) is 5.82 Å². The molecule has 3 rings (SSSR count). The van der Waals surface area contributed by atoms with Gasteiger partial charge in [0.2, 0.25) is 0 Å². The SMILES string of the molecule is C=CCN(Cc1ccc(F)cc1)c1cnc2c(=O)occc2c1C. The van der Waals surface area contributed by atoms with E-state index in [2.05, 4.69) is 16.5 Å². The van der Waals surface area contributed by atoms with E-state index in [4.69, 9.17) is 4.42 Å². The molecular weight excluding hydrogens is 307 g/mol. The van der Waals surface area contributed by atoms with Crippen LogP contribution in [0.5, 0.6) is 0 Å². The first-order valence-corrected chi connectivity index (χ1v) is 7.57. The van der Waals surface area contributed by atoms with Crippen molar-refractivity contribution < 1.29 is 8.81 Å². The predicted molar refractivity (Wildman–Crippen MR) is 92.7 cm³/mol. The fraction of sp³-hybridized carbons (Fsp3) is 0.158. The average Bonchev–Trinajstić information content (AvgIpc) is 2.58. The van der Waals surface area contributed by atoms with Gasteiger partial charge in [-0.1, -0.05) is 18.2 Å². The number of hydrogen-bond acceptors (Lipinski definition) is 4. The van der Waals surface area contributed by atoms with E-state index in [1.807, 2.05) is 6.92 Å². The number of halogens is 1. The second-order valence-corrected chi connectivity index (χ2v) is 5.53. The largest absolute Gasteiger partial charge is 0.430 e. The maximum atomic E-state index is 13.1. The molecule has 122 valence electrons. The van der Waals surface area contributed by atoms with Crippen molar-refractivity contribution >= 4 is 16.6 Å². The minimum absolute atomic E-state index is 0.260. The molecule has 0 unspecified atom stereocenters. The fourth-order valence-electron chi connectivity index (χ4n) is 2.73. The van der Waals surface area contributed by atoms with Crippen molar-refractivity contribution in [3.8, 4) is 0 Å². The van der Waals surface area contributed by atoms with Gasteiger partial charge in [-0.15, -0.1) is 6.58 Å². The number of hydrogen-bond donors (Lipinski definition) is 0. The third kappa shape index (κ3) is 3.06. The minimum atomic E-state index is -0.448. The maximum absolute atomic E-state index is 13.1. The van der Waals surface area contributed by atoms with Crippen molar-refractivity contribution in [3.63, 3.8) is 0 Å². The molecule has 0 bridgehead atoms. The van der Waals surface area contributed by atoms with Gasteiger partial charge in [-0.25, -0.2) is 14.2 Å². The van der Waals surface area contributed by atoms with Crippen LogP contribution in [0.15, 0.2) is 64.7 Å². The number of fused-ring (bicyclic) bond motifs is 1. The number of rotatable bonds is 5. The van der Waals surface area contributed by atoms with E-state index in [9.17, 15) is 9.18 Å². The van der Waals surface area contributed by atoms with Crippen LogP contribution >= 0.6 is 0 Å². The molecule has 0 N–H and O–H groups in total. The molecule has 2 heterocycles. The number of anilines is 1. The molecule has 0 radical (unpaired) electrons. The average molecular weight is 324 g/mol.